The van der Waals surface area contributed by atoms with Crippen molar-refractivity contribution in [2.24, 2.45) is 0 Å². The molecular weight excluding hydrogens is 240 g/mol. The van der Waals surface area contributed by atoms with E-state index in [4.69, 9.17) is 11.6 Å². The van der Waals surface area contributed by atoms with Gasteiger partial charge in [-0.05, 0) is 6.07 Å². The Morgan fingerprint density at radius 3 is 2.93 bits per heavy atom. The van der Waals surface area contributed by atoms with Crippen LogP contribution in [-0.4, -0.2) is 32.9 Å². The maximum atomic E-state index is 11.4. The van der Waals surface area contributed by atoms with Gasteiger partial charge in [-0.3, -0.25) is 4.72 Å². The summed E-state index contributed by atoms with van der Waals surface area (Å²) in [4.78, 5) is 3.82. The zero-order chi connectivity index (χ0) is 11.3. The summed E-state index contributed by atoms with van der Waals surface area (Å²) in [5.74, 6) is 0.0936. The van der Waals surface area contributed by atoms with E-state index in [0.29, 0.717) is 5.02 Å². The number of pyridine rings is 1. The molecule has 0 saturated carbocycles. The van der Waals surface area contributed by atoms with Crippen LogP contribution in [0.15, 0.2) is 18.3 Å². The molecule has 0 aromatic carbocycles. The maximum Gasteiger partial charge on any atom is 0.236 e. The number of hydrogen-bond acceptors (Lipinski definition) is 4. The molecule has 1 heterocycles. The van der Waals surface area contributed by atoms with Crippen molar-refractivity contribution in [2.45, 2.75) is 0 Å². The largest absolute Gasteiger partial charge is 0.384 e. The third kappa shape index (κ3) is 4.46. The quantitative estimate of drug-likeness (QED) is 0.851. The molecule has 84 valence electrons. The topological polar surface area (TPSA) is 68.3 Å². The molecule has 0 atom stereocenters. The van der Waals surface area contributed by atoms with E-state index in [0.717, 1.165) is 0 Å². The molecule has 0 aliphatic heterocycles. The summed E-state index contributed by atoms with van der Waals surface area (Å²) >= 11 is 5.68. The van der Waals surface area contributed by atoms with E-state index in [-0.39, 0.29) is 18.2 Å². The molecule has 1 aromatic heterocycles. The van der Waals surface area contributed by atoms with Crippen LogP contribution in [-0.2, 0) is 14.8 Å². The number of anilines is 1. The number of methoxy groups -OCH3 is 1. The Hall–Kier alpha value is -0.850. The summed E-state index contributed by atoms with van der Waals surface area (Å²) in [7, 11) is -1.97. The van der Waals surface area contributed by atoms with Gasteiger partial charge in [-0.25, -0.2) is 13.4 Å². The van der Waals surface area contributed by atoms with Gasteiger partial charge >= 0.3 is 0 Å². The fourth-order valence-corrected chi connectivity index (χ4v) is 1.94. The molecule has 0 aliphatic rings. The lowest BCUT2D eigenvalue weighted by molar-refractivity contribution is 0.217. The van der Waals surface area contributed by atoms with Crippen molar-refractivity contribution in [1.82, 2.24) is 4.98 Å². The highest BCUT2D eigenvalue weighted by Crippen LogP contribution is 2.12. The van der Waals surface area contributed by atoms with Gasteiger partial charge in [-0.2, -0.15) is 0 Å². The van der Waals surface area contributed by atoms with Crippen molar-refractivity contribution in [1.29, 1.82) is 0 Å². The van der Waals surface area contributed by atoms with Crippen LogP contribution >= 0.6 is 11.6 Å². The Balaban J connectivity index is 2.69. The molecule has 0 bridgehead atoms. The van der Waals surface area contributed by atoms with Gasteiger partial charge in [0.05, 0.1) is 12.4 Å². The molecule has 1 rings (SSSR count). The summed E-state index contributed by atoms with van der Waals surface area (Å²) in [6.07, 6.45) is 1.43. The van der Waals surface area contributed by atoms with Crippen molar-refractivity contribution in [2.75, 3.05) is 24.2 Å². The highest BCUT2D eigenvalue weighted by Gasteiger charge is 2.10. The van der Waals surface area contributed by atoms with Crippen LogP contribution in [0, 0.1) is 0 Å². The maximum absolute atomic E-state index is 11.4. The molecule has 0 fully saturated rings. The monoisotopic (exact) mass is 250 g/mol. The summed E-state index contributed by atoms with van der Waals surface area (Å²) < 4.78 is 29.8. The smallest absolute Gasteiger partial charge is 0.236 e. The highest BCUT2D eigenvalue weighted by atomic mass is 35.5. The summed E-state index contributed by atoms with van der Waals surface area (Å²) in [5.41, 5.74) is 0. The van der Waals surface area contributed by atoms with E-state index < -0.39 is 10.0 Å². The number of hydrogen-bond donors (Lipinski definition) is 1. The summed E-state index contributed by atoms with van der Waals surface area (Å²) in [5, 5.41) is 0.425. The van der Waals surface area contributed by atoms with Crippen molar-refractivity contribution < 1.29 is 13.2 Å². The van der Waals surface area contributed by atoms with Crippen molar-refractivity contribution in [3.05, 3.63) is 23.4 Å². The lowest BCUT2D eigenvalue weighted by Gasteiger charge is -2.06. The molecule has 7 heteroatoms. The first-order valence-corrected chi connectivity index (χ1v) is 6.17. The number of sulfonamides is 1. The number of rotatable bonds is 5. The van der Waals surface area contributed by atoms with E-state index in [9.17, 15) is 8.42 Å². The second-order valence-electron chi connectivity index (χ2n) is 2.77. The van der Waals surface area contributed by atoms with Gasteiger partial charge in [0, 0.05) is 24.4 Å². The van der Waals surface area contributed by atoms with E-state index in [1.165, 1.54) is 19.4 Å². The molecule has 0 saturated heterocycles. The predicted molar refractivity (Wildman–Crippen MR) is 58.5 cm³/mol. The fraction of sp³-hybridized carbons (Fsp3) is 0.375. The van der Waals surface area contributed by atoms with Crippen molar-refractivity contribution >= 4 is 27.4 Å². The van der Waals surface area contributed by atoms with Gasteiger partial charge in [0.2, 0.25) is 10.0 Å². The van der Waals surface area contributed by atoms with Gasteiger partial charge in [-0.1, -0.05) is 11.6 Å². The Bertz CT molecular complexity index is 422. The second kappa shape index (κ2) is 5.29. The van der Waals surface area contributed by atoms with Crippen LogP contribution in [0.5, 0.6) is 0 Å². The van der Waals surface area contributed by atoms with Crippen LogP contribution in [0.1, 0.15) is 0 Å². The van der Waals surface area contributed by atoms with Gasteiger partial charge < -0.3 is 4.74 Å². The zero-order valence-corrected chi connectivity index (χ0v) is 9.68. The first kappa shape index (κ1) is 12.2. The molecule has 0 unspecified atom stereocenters. The average molecular weight is 251 g/mol. The first-order valence-electron chi connectivity index (χ1n) is 4.14. The Morgan fingerprint density at radius 1 is 1.60 bits per heavy atom. The van der Waals surface area contributed by atoms with Gasteiger partial charge in [0.25, 0.3) is 0 Å². The van der Waals surface area contributed by atoms with Crippen LogP contribution in [0.3, 0.4) is 0 Å². The lowest BCUT2D eigenvalue weighted by atomic mass is 10.5. The van der Waals surface area contributed by atoms with Crippen molar-refractivity contribution in [3.8, 4) is 0 Å². The van der Waals surface area contributed by atoms with Crippen LogP contribution < -0.4 is 4.72 Å². The van der Waals surface area contributed by atoms with Gasteiger partial charge in [-0.15, -0.1) is 0 Å². The third-order valence-corrected chi connectivity index (χ3v) is 3.00. The SMILES string of the molecule is COCCS(=O)(=O)Nc1cc(Cl)ccn1. The summed E-state index contributed by atoms with van der Waals surface area (Å²) in [6, 6.07) is 3.00. The molecular formula is C8H11ClN2O3S. The molecule has 0 spiro atoms. The Morgan fingerprint density at radius 2 is 2.33 bits per heavy atom. The molecule has 1 aromatic rings. The minimum Gasteiger partial charge on any atom is -0.384 e. The van der Waals surface area contributed by atoms with E-state index in [2.05, 4.69) is 14.4 Å². The number of halogens is 1. The molecule has 5 nitrogen and oxygen atoms in total. The normalized spacial score (nSPS) is 11.3. The predicted octanol–water partition coefficient (Wildman–Crippen LogP) is 1.12. The van der Waals surface area contributed by atoms with Crippen LogP contribution in [0.25, 0.3) is 0 Å². The van der Waals surface area contributed by atoms with Crippen LogP contribution in [0.2, 0.25) is 5.02 Å². The third-order valence-electron chi connectivity index (χ3n) is 1.54. The molecule has 15 heavy (non-hydrogen) atoms. The van der Waals surface area contributed by atoms with Crippen molar-refractivity contribution in [3.63, 3.8) is 0 Å². The minimum absolute atomic E-state index is 0.113. The number of nitrogens with zero attached hydrogens (tertiary/aromatic N) is 1. The van der Waals surface area contributed by atoms with Gasteiger partial charge in [0.1, 0.15) is 5.82 Å². The molecule has 0 radical (unpaired) electrons. The fourth-order valence-electron chi connectivity index (χ4n) is 0.864. The lowest BCUT2D eigenvalue weighted by Crippen LogP contribution is -2.20. The highest BCUT2D eigenvalue weighted by molar-refractivity contribution is 7.92. The van der Waals surface area contributed by atoms with E-state index >= 15 is 0 Å². The van der Waals surface area contributed by atoms with E-state index in [1.807, 2.05) is 0 Å². The Labute approximate surface area is 93.5 Å². The van der Waals surface area contributed by atoms with E-state index in [1.54, 1.807) is 6.07 Å². The minimum atomic E-state index is -3.41. The molecule has 0 aliphatic carbocycles. The zero-order valence-electron chi connectivity index (χ0n) is 8.10. The average Bonchev–Trinajstić information content (AvgIpc) is 2.14. The number of aromatic nitrogens is 1. The number of nitrogens with one attached hydrogen (secondary N) is 1. The van der Waals surface area contributed by atoms with Gasteiger partial charge in [0.15, 0.2) is 0 Å². The molecule has 1 N–H and O–H groups in total. The second-order valence-corrected chi connectivity index (χ2v) is 5.05. The summed E-state index contributed by atoms with van der Waals surface area (Å²) in [6.45, 7) is 0.135. The van der Waals surface area contributed by atoms with Crippen LogP contribution in [0.4, 0.5) is 5.82 Å². The molecule has 0 amide bonds. The Kier molecular flexibility index (Phi) is 4.31. The standard InChI is InChI=1S/C8H11ClN2O3S/c1-14-4-5-15(12,13)11-8-6-7(9)2-3-10-8/h2-3,6H,4-5H2,1H3,(H,10,11). The number of ether oxygens (including phenoxy) is 1. The first-order chi connectivity index (χ1) is 7.03.